The van der Waals surface area contributed by atoms with Gasteiger partial charge in [-0.1, -0.05) is 71.4 Å². The van der Waals surface area contributed by atoms with Gasteiger partial charge in [-0.2, -0.15) is 0 Å². The van der Waals surface area contributed by atoms with Gasteiger partial charge >= 0.3 is 0 Å². The predicted octanol–water partition coefficient (Wildman–Crippen LogP) is 4.44. The van der Waals surface area contributed by atoms with Crippen LogP contribution in [0.2, 0.25) is 5.02 Å². The first-order chi connectivity index (χ1) is 12.7. The van der Waals surface area contributed by atoms with Crippen molar-refractivity contribution < 1.29 is 4.52 Å². The van der Waals surface area contributed by atoms with Gasteiger partial charge in [-0.05, 0) is 0 Å². The van der Waals surface area contributed by atoms with Gasteiger partial charge in [0.1, 0.15) is 11.3 Å². The van der Waals surface area contributed by atoms with E-state index in [1.54, 1.807) is 6.20 Å². The largest absolute Gasteiger partial charge is 0.367 e. The van der Waals surface area contributed by atoms with E-state index < -0.39 is 0 Å². The van der Waals surface area contributed by atoms with Crippen molar-refractivity contribution in [2.24, 2.45) is 0 Å². The molecule has 0 saturated heterocycles. The van der Waals surface area contributed by atoms with E-state index in [2.05, 4.69) is 15.4 Å². The second-order valence-corrected chi connectivity index (χ2v) is 6.28. The zero-order valence-electron chi connectivity index (χ0n) is 13.4. The number of nitrogen functional groups attached to an aromatic ring is 1. The number of rotatable bonds is 2. The maximum absolute atomic E-state index is 6.48. The molecule has 5 aromatic rings. The minimum absolute atomic E-state index is 0.183. The molecule has 0 amide bonds. The number of anilines is 1. The molecule has 7 heteroatoms. The van der Waals surface area contributed by atoms with Crippen molar-refractivity contribution in [2.75, 3.05) is 5.73 Å². The molecule has 0 aliphatic heterocycles. The van der Waals surface area contributed by atoms with Gasteiger partial charge in [-0.15, -0.1) is 10.2 Å². The summed E-state index contributed by atoms with van der Waals surface area (Å²) in [4.78, 5) is 0. The van der Waals surface area contributed by atoms with Gasteiger partial charge in [-0.3, -0.25) is 4.40 Å². The Hall–Kier alpha value is -3.38. The highest BCUT2D eigenvalue weighted by Crippen LogP contribution is 2.37. The van der Waals surface area contributed by atoms with Crippen LogP contribution in [-0.4, -0.2) is 19.8 Å². The fourth-order valence-corrected chi connectivity index (χ4v) is 3.41. The Morgan fingerprint density at radius 2 is 1.65 bits per heavy atom. The highest BCUT2D eigenvalue weighted by molar-refractivity contribution is 6.36. The first kappa shape index (κ1) is 14.9. The average Bonchev–Trinajstić information content (AvgIpc) is 3.26. The molecule has 3 aromatic heterocycles. The summed E-state index contributed by atoms with van der Waals surface area (Å²) in [6, 6.07) is 17.5. The molecule has 0 radical (unpaired) electrons. The highest BCUT2D eigenvalue weighted by Gasteiger charge is 2.23. The lowest BCUT2D eigenvalue weighted by atomic mass is 10.1. The lowest BCUT2D eigenvalue weighted by Crippen LogP contribution is -1.95. The Morgan fingerprint density at radius 1 is 0.923 bits per heavy atom. The maximum atomic E-state index is 6.48. The summed E-state index contributed by atoms with van der Waals surface area (Å²) in [6.45, 7) is 0. The van der Waals surface area contributed by atoms with Crippen molar-refractivity contribution in [1.82, 2.24) is 19.8 Å². The minimum atomic E-state index is 0.183. The van der Waals surface area contributed by atoms with Crippen LogP contribution in [0.25, 0.3) is 39.1 Å². The Kier molecular flexibility index (Phi) is 3.20. The van der Waals surface area contributed by atoms with Crippen LogP contribution in [0.5, 0.6) is 0 Å². The normalized spacial score (nSPS) is 11.4. The van der Waals surface area contributed by atoms with Gasteiger partial charge in [0.05, 0.1) is 5.02 Å². The fraction of sp³-hybridized carbons (Fsp3) is 0. The van der Waals surface area contributed by atoms with E-state index in [1.807, 2.05) is 59.0 Å². The Bertz CT molecular complexity index is 1260. The minimum Gasteiger partial charge on any atom is -0.367 e. The average molecular weight is 362 g/mol. The summed E-state index contributed by atoms with van der Waals surface area (Å²) in [6.07, 6.45) is 1.79. The van der Waals surface area contributed by atoms with Crippen LogP contribution < -0.4 is 5.73 Å². The van der Waals surface area contributed by atoms with Crippen molar-refractivity contribution in [3.8, 4) is 22.6 Å². The van der Waals surface area contributed by atoms with E-state index in [1.165, 1.54) is 0 Å². The Labute approximate surface area is 152 Å². The van der Waals surface area contributed by atoms with Crippen molar-refractivity contribution in [3.63, 3.8) is 0 Å². The van der Waals surface area contributed by atoms with E-state index in [0.717, 1.165) is 16.3 Å². The van der Waals surface area contributed by atoms with Crippen molar-refractivity contribution >= 4 is 33.9 Å². The molecule has 0 aliphatic carbocycles. The molecule has 0 bridgehead atoms. The lowest BCUT2D eigenvalue weighted by Gasteiger charge is -2.05. The van der Waals surface area contributed by atoms with Crippen LogP contribution in [0.4, 0.5) is 5.88 Å². The number of hydrogen-bond acceptors (Lipinski definition) is 5. The van der Waals surface area contributed by atoms with Gasteiger partial charge in [0, 0.05) is 22.5 Å². The summed E-state index contributed by atoms with van der Waals surface area (Å²) < 4.78 is 7.07. The second-order valence-electron chi connectivity index (χ2n) is 5.88. The second kappa shape index (κ2) is 5.57. The summed E-state index contributed by atoms with van der Waals surface area (Å²) in [5.41, 5.74) is 8.85. The van der Waals surface area contributed by atoms with E-state index in [9.17, 15) is 0 Å². The number of benzene rings is 2. The van der Waals surface area contributed by atoms with Crippen LogP contribution in [-0.2, 0) is 0 Å². The van der Waals surface area contributed by atoms with Gasteiger partial charge in [0.25, 0.3) is 0 Å². The third-order valence-electron chi connectivity index (χ3n) is 4.35. The molecule has 5 rings (SSSR count). The van der Waals surface area contributed by atoms with Crippen molar-refractivity contribution in [2.45, 2.75) is 0 Å². The molecule has 2 aromatic carbocycles. The Balaban J connectivity index is 1.83. The molecular weight excluding hydrogens is 350 g/mol. The van der Waals surface area contributed by atoms with Crippen molar-refractivity contribution in [1.29, 1.82) is 0 Å². The number of pyridine rings is 1. The fourth-order valence-electron chi connectivity index (χ4n) is 3.15. The van der Waals surface area contributed by atoms with Gasteiger partial charge in [0.15, 0.2) is 11.5 Å². The summed E-state index contributed by atoms with van der Waals surface area (Å²) in [7, 11) is 0. The van der Waals surface area contributed by atoms with Crippen LogP contribution in [0.15, 0.2) is 65.3 Å². The third kappa shape index (κ3) is 2.09. The molecule has 0 saturated carbocycles. The number of nitrogens with two attached hydrogens (primary N) is 1. The van der Waals surface area contributed by atoms with Crippen LogP contribution in [0.3, 0.4) is 0 Å². The number of hydrogen-bond donors (Lipinski definition) is 1. The maximum Gasteiger partial charge on any atom is 0.233 e. The Morgan fingerprint density at radius 3 is 2.46 bits per heavy atom. The molecule has 0 aliphatic rings. The van der Waals surface area contributed by atoms with Crippen LogP contribution in [0.1, 0.15) is 0 Å². The number of halogens is 1. The van der Waals surface area contributed by atoms with E-state index in [0.29, 0.717) is 27.8 Å². The molecule has 6 nitrogen and oxygen atoms in total. The van der Waals surface area contributed by atoms with E-state index >= 15 is 0 Å². The molecule has 0 unspecified atom stereocenters. The molecule has 0 spiro atoms. The molecule has 3 heterocycles. The van der Waals surface area contributed by atoms with E-state index in [4.69, 9.17) is 21.9 Å². The lowest BCUT2D eigenvalue weighted by molar-refractivity contribution is 0.439. The first-order valence-electron chi connectivity index (χ1n) is 7.97. The molecule has 26 heavy (non-hydrogen) atoms. The van der Waals surface area contributed by atoms with Gasteiger partial charge in [0.2, 0.25) is 5.88 Å². The molecule has 126 valence electrons. The summed E-state index contributed by atoms with van der Waals surface area (Å²) >= 11 is 6.48. The number of nitrogens with zero attached hydrogens (tertiary/aromatic N) is 4. The van der Waals surface area contributed by atoms with Crippen molar-refractivity contribution in [3.05, 3.63) is 65.8 Å². The van der Waals surface area contributed by atoms with Gasteiger partial charge < -0.3 is 10.3 Å². The monoisotopic (exact) mass is 361 g/mol. The molecule has 2 N–H and O–H groups in total. The SMILES string of the molecule is Nc1onc(-c2ccccc2)c1-c1nnc2c3ccccc3c(Cl)cn12. The molecular formula is C19H12ClN5O. The topological polar surface area (TPSA) is 82.2 Å². The number of fused-ring (bicyclic) bond motifs is 3. The zero-order chi connectivity index (χ0) is 17.7. The highest BCUT2D eigenvalue weighted by atomic mass is 35.5. The quantitative estimate of drug-likeness (QED) is 0.502. The first-order valence-corrected chi connectivity index (χ1v) is 8.35. The summed E-state index contributed by atoms with van der Waals surface area (Å²) in [5.74, 6) is 0.715. The zero-order valence-corrected chi connectivity index (χ0v) is 14.2. The molecule has 0 fully saturated rings. The molecule has 0 atom stereocenters. The standard InChI is InChI=1S/C19H12ClN5O/c20-14-10-25-18(13-9-5-4-8-12(13)14)22-23-19(25)15-16(24-26-17(15)21)11-6-2-1-3-7-11/h1-10H,21H2. The number of aromatic nitrogens is 4. The van der Waals surface area contributed by atoms with Crippen LogP contribution in [0, 0.1) is 0 Å². The predicted molar refractivity (Wildman–Crippen MR) is 101 cm³/mol. The smallest absolute Gasteiger partial charge is 0.233 e. The van der Waals surface area contributed by atoms with E-state index in [-0.39, 0.29) is 5.88 Å². The van der Waals surface area contributed by atoms with Crippen LogP contribution >= 0.6 is 11.6 Å². The summed E-state index contributed by atoms with van der Waals surface area (Å²) in [5, 5.41) is 15.3. The third-order valence-corrected chi connectivity index (χ3v) is 4.65. The van der Waals surface area contributed by atoms with Gasteiger partial charge in [-0.25, -0.2) is 0 Å².